The van der Waals surface area contributed by atoms with Gasteiger partial charge in [0.15, 0.2) is 0 Å². The van der Waals surface area contributed by atoms with Gasteiger partial charge in [-0.3, -0.25) is 0 Å². The zero-order valence-corrected chi connectivity index (χ0v) is 16.3. The molecule has 0 spiro atoms. The summed E-state index contributed by atoms with van der Waals surface area (Å²) in [4.78, 5) is 6.04. The zero-order valence-electron chi connectivity index (χ0n) is 15.5. The normalized spacial score (nSPS) is 14.4. The molecule has 0 aliphatic rings. The summed E-state index contributed by atoms with van der Waals surface area (Å²) in [6.45, 7) is 13.6. The monoisotopic (exact) mass is 329 g/mol. The third-order valence-corrected chi connectivity index (χ3v) is 6.27. The lowest BCUT2D eigenvalue weighted by Crippen LogP contribution is -1.99. The number of hydrogen-bond acceptors (Lipinski definition) is 2. The van der Waals surface area contributed by atoms with Gasteiger partial charge < -0.3 is 0 Å². The van der Waals surface area contributed by atoms with E-state index in [9.17, 15) is 0 Å². The van der Waals surface area contributed by atoms with Crippen LogP contribution in [0, 0.1) is 0 Å². The lowest BCUT2D eigenvalue weighted by molar-refractivity contribution is 0.572. The molecule has 2 unspecified atom stereocenters. The van der Waals surface area contributed by atoms with Crippen LogP contribution in [0.25, 0.3) is 0 Å². The molecule has 23 heavy (non-hydrogen) atoms. The molecule has 1 heterocycles. The van der Waals surface area contributed by atoms with Crippen LogP contribution in [-0.4, -0.2) is 4.98 Å². The molecule has 0 amide bonds. The maximum Gasteiger partial charge on any atom is 0.0955 e. The molecule has 126 valence electrons. The van der Waals surface area contributed by atoms with E-state index in [-0.39, 0.29) is 0 Å². The second kappa shape index (κ2) is 8.10. The maximum atomic E-state index is 4.64. The van der Waals surface area contributed by atoms with Gasteiger partial charge in [0.25, 0.3) is 0 Å². The van der Waals surface area contributed by atoms with E-state index in [0.717, 1.165) is 0 Å². The molecule has 0 radical (unpaired) electrons. The molecule has 0 saturated heterocycles. The Hall–Kier alpha value is -1.15. The number of rotatable bonds is 7. The first-order valence-electron chi connectivity index (χ1n) is 8.94. The van der Waals surface area contributed by atoms with Crippen LogP contribution in [0.3, 0.4) is 0 Å². The number of benzene rings is 1. The van der Waals surface area contributed by atoms with Gasteiger partial charge in [-0.2, -0.15) is 0 Å². The van der Waals surface area contributed by atoms with Crippen molar-refractivity contribution in [3.05, 3.63) is 51.5 Å². The van der Waals surface area contributed by atoms with Crippen molar-refractivity contribution in [2.75, 3.05) is 0 Å². The van der Waals surface area contributed by atoms with Crippen molar-refractivity contribution in [2.45, 2.75) is 78.1 Å². The van der Waals surface area contributed by atoms with E-state index >= 15 is 0 Å². The molecule has 1 nitrogen and oxygen atoms in total. The van der Waals surface area contributed by atoms with Crippen molar-refractivity contribution < 1.29 is 0 Å². The summed E-state index contributed by atoms with van der Waals surface area (Å²) in [5.41, 5.74) is 2.89. The van der Waals surface area contributed by atoms with Gasteiger partial charge in [0.2, 0.25) is 0 Å². The molecule has 2 aromatic rings. The first-order chi connectivity index (χ1) is 10.9. The van der Waals surface area contributed by atoms with Crippen molar-refractivity contribution in [1.29, 1.82) is 0 Å². The van der Waals surface area contributed by atoms with Crippen molar-refractivity contribution in [3.8, 4) is 0 Å². The van der Waals surface area contributed by atoms with Crippen molar-refractivity contribution >= 4 is 11.3 Å². The topological polar surface area (TPSA) is 12.9 Å². The first kappa shape index (κ1) is 18.2. The second-order valence-corrected chi connectivity index (χ2v) is 8.55. The number of hydrogen-bond donors (Lipinski definition) is 0. The van der Waals surface area contributed by atoms with E-state index in [1.54, 1.807) is 0 Å². The Balaban J connectivity index is 1.91. The highest BCUT2D eigenvalue weighted by Gasteiger charge is 2.14. The smallest absolute Gasteiger partial charge is 0.0955 e. The van der Waals surface area contributed by atoms with Gasteiger partial charge in [0.1, 0.15) is 0 Å². The van der Waals surface area contributed by atoms with Crippen LogP contribution >= 0.6 is 11.3 Å². The van der Waals surface area contributed by atoms with Crippen LogP contribution in [0.15, 0.2) is 30.5 Å². The molecule has 0 saturated carbocycles. The quantitative estimate of drug-likeness (QED) is 0.529. The lowest BCUT2D eigenvalue weighted by Gasteiger charge is -2.15. The Labute approximate surface area is 146 Å². The highest BCUT2D eigenvalue weighted by molar-refractivity contribution is 7.11. The Morgan fingerprint density at radius 1 is 0.783 bits per heavy atom. The standard InChI is InChI=1S/C21H31NS/c1-14(2)18-9-11-19(12-10-18)16(5)7-8-17(6)21-22-13-20(23-21)15(3)4/h9-17H,7-8H2,1-6H3. The van der Waals surface area contributed by atoms with E-state index in [4.69, 9.17) is 0 Å². The van der Waals surface area contributed by atoms with Crippen molar-refractivity contribution in [2.24, 2.45) is 0 Å². The van der Waals surface area contributed by atoms with E-state index in [1.807, 2.05) is 11.3 Å². The Morgan fingerprint density at radius 2 is 1.35 bits per heavy atom. The van der Waals surface area contributed by atoms with Crippen LogP contribution in [0.4, 0.5) is 0 Å². The molecule has 2 heteroatoms. The van der Waals surface area contributed by atoms with Gasteiger partial charge in [-0.25, -0.2) is 4.98 Å². The minimum Gasteiger partial charge on any atom is -0.249 e. The number of aromatic nitrogens is 1. The first-order valence-corrected chi connectivity index (χ1v) is 9.75. The third kappa shape index (κ3) is 4.91. The highest BCUT2D eigenvalue weighted by Crippen LogP contribution is 2.32. The predicted molar refractivity (Wildman–Crippen MR) is 103 cm³/mol. The zero-order chi connectivity index (χ0) is 17.0. The Morgan fingerprint density at radius 3 is 1.87 bits per heavy atom. The highest BCUT2D eigenvalue weighted by atomic mass is 32.1. The van der Waals surface area contributed by atoms with Gasteiger partial charge in [-0.05, 0) is 41.7 Å². The maximum absolute atomic E-state index is 4.64. The molecular weight excluding hydrogens is 298 g/mol. The predicted octanol–water partition coefficient (Wildman–Crippen LogP) is 7.08. The fraction of sp³-hybridized carbons (Fsp3) is 0.571. The van der Waals surface area contributed by atoms with E-state index in [1.165, 1.54) is 33.9 Å². The summed E-state index contributed by atoms with van der Waals surface area (Å²) in [7, 11) is 0. The van der Waals surface area contributed by atoms with Crippen LogP contribution in [0.2, 0.25) is 0 Å². The van der Waals surface area contributed by atoms with Gasteiger partial charge in [0, 0.05) is 17.0 Å². The number of nitrogens with zero attached hydrogens (tertiary/aromatic N) is 1. The minimum atomic E-state index is 0.560. The van der Waals surface area contributed by atoms with Crippen LogP contribution in [0.5, 0.6) is 0 Å². The number of thiazole rings is 1. The molecule has 2 atom stereocenters. The van der Waals surface area contributed by atoms with Crippen molar-refractivity contribution in [3.63, 3.8) is 0 Å². The Bertz CT molecular complexity index is 595. The summed E-state index contributed by atoms with van der Waals surface area (Å²) in [5, 5.41) is 1.30. The fourth-order valence-corrected chi connectivity index (χ4v) is 3.80. The average Bonchev–Trinajstić information content (AvgIpc) is 3.02. The van der Waals surface area contributed by atoms with E-state index in [2.05, 4.69) is 77.0 Å². The average molecular weight is 330 g/mol. The third-order valence-electron chi connectivity index (χ3n) is 4.74. The summed E-state index contributed by atoms with van der Waals surface area (Å²) < 4.78 is 0. The van der Waals surface area contributed by atoms with Gasteiger partial charge in [0.05, 0.1) is 5.01 Å². The molecule has 1 aromatic heterocycles. The van der Waals surface area contributed by atoms with Crippen LogP contribution in [0.1, 0.15) is 99.1 Å². The molecule has 0 aliphatic heterocycles. The fourth-order valence-electron chi connectivity index (χ4n) is 2.80. The molecule has 0 bridgehead atoms. The van der Waals surface area contributed by atoms with E-state index < -0.39 is 0 Å². The summed E-state index contributed by atoms with van der Waals surface area (Å²) in [6, 6.07) is 9.20. The lowest BCUT2D eigenvalue weighted by atomic mass is 9.91. The van der Waals surface area contributed by atoms with Gasteiger partial charge >= 0.3 is 0 Å². The molecule has 1 aromatic carbocycles. The van der Waals surface area contributed by atoms with Crippen LogP contribution < -0.4 is 0 Å². The van der Waals surface area contributed by atoms with E-state index in [0.29, 0.717) is 23.7 Å². The summed E-state index contributed by atoms with van der Waals surface area (Å²) in [5.74, 6) is 2.37. The second-order valence-electron chi connectivity index (χ2n) is 7.46. The van der Waals surface area contributed by atoms with Gasteiger partial charge in [-0.15, -0.1) is 11.3 Å². The minimum absolute atomic E-state index is 0.560. The van der Waals surface area contributed by atoms with Crippen molar-refractivity contribution in [1.82, 2.24) is 4.98 Å². The molecule has 0 aliphatic carbocycles. The molecule has 0 N–H and O–H groups in total. The molecular formula is C21H31NS. The molecule has 0 fully saturated rings. The Kier molecular flexibility index (Phi) is 6.41. The SMILES string of the molecule is CC(C)c1ccc(C(C)CCC(C)c2ncc(C(C)C)s2)cc1. The molecule has 2 rings (SSSR count). The van der Waals surface area contributed by atoms with Gasteiger partial charge in [-0.1, -0.05) is 65.8 Å². The summed E-state index contributed by atoms with van der Waals surface area (Å²) in [6.07, 6.45) is 4.49. The largest absolute Gasteiger partial charge is 0.249 e. The van der Waals surface area contributed by atoms with Crippen LogP contribution in [-0.2, 0) is 0 Å². The summed E-state index contributed by atoms with van der Waals surface area (Å²) >= 11 is 1.89.